The van der Waals surface area contributed by atoms with Gasteiger partial charge < -0.3 is 10.2 Å². The highest BCUT2D eigenvalue weighted by Gasteiger charge is 2.07. The predicted octanol–water partition coefficient (Wildman–Crippen LogP) is 3.19. The second-order valence-corrected chi connectivity index (χ2v) is 5.46. The van der Waals surface area contributed by atoms with Gasteiger partial charge in [-0.2, -0.15) is 11.8 Å². The van der Waals surface area contributed by atoms with Crippen molar-refractivity contribution in [1.82, 2.24) is 0 Å². The second kappa shape index (κ2) is 6.23. The summed E-state index contributed by atoms with van der Waals surface area (Å²) in [4.78, 5) is 0. The smallest absolute Gasteiger partial charge is 0.116 e. The highest BCUT2D eigenvalue weighted by atomic mass is 32.2. The quantitative estimate of drug-likeness (QED) is 0.811. The first-order chi connectivity index (χ1) is 7.09. The van der Waals surface area contributed by atoms with Crippen LogP contribution in [0.15, 0.2) is 16.7 Å². The molecule has 0 saturated heterocycles. The minimum atomic E-state index is 0.310. The standard InChI is InChI=1S/C12H21NOS/c1-9(2)6-11(13)7-15-8-12-10(3)4-5-14-12/h4-5,9,11H,6-8,13H2,1-3H3. The van der Waals surface area contributed by atoms with Gasteiger partial charge in [0.2, 0.25) is 0 Å². The Hall–Kier alpha value is -0.410. The summed E-state index contributed by atoms with van der Waals surface area (Å²) in [5, 5.41) is 0. The Morgan fingerprint density at radius 2 is 2.20 bits per heavy atom. The van der Waals surface area contributed by atoms with Crippen LogP contribution in [-0.4, -0.2) is 11.8 Å². The fraction of sp³-hybridized carbons (Fsp3) is 0.667. The van der Waals surface area contributed by atoms with Gasteiger partial charge in [-0.3, -0.25) is 0 Å². The van der Waals surface area contributed by atoms with Crippen LogP contribution in [0.2, 0.25) is 0 Å². The average Bonchev–Trinajstić information content (AvgIpc) is 2.50. The molecule has 0 aliphatic carbocycles. The highest BCUT2D eigenvalue weighted by molar-refractivity contribution is 7.98. The van der Waals surface area contributed by atoms with Crippen LogP contribution in [0, 0.1) is 12.8 Å². The Labute approximate surface area is 96.6 Å². The van der Waals surface area contributed by atoms with E-state index in [1.807, 2.05) is 17.8 Å². The number of rotatable bonds is 6. The van der Waals surface area contributed by atoms with E-state index >= 15 is 0 Å². The van der Waals surface area contributed by atoms with E-state index in [2.05, 4.69) is 20.8 Å². The fourth-order valence-corrected chi connectivity index (χ4v) is 2.57. The largest absolute Gasteiger partial charge is 0.468 e. The van der Waals surface area contributed by atoms with E-state index in [-0.39, 0.29) is 0 Å². The normalized spacial score (nSPS) is 13.4. The third-order valence-corrected chi connectivity index (χ3v) is 3.44. The first-order valence-electron chi connectivity index (χ1n) is 5.46. The first kappa shape index (κ1) is 12.7. The third kappa shape index (κ3) is 4.76. The van der Waals surface area contributed by atoms with E-state index in [0.717, 1.165) is 23.7 Å². The predicted molar refractivity (Wildman–Crippen MR) is 67.0 cm³/mol. The number of thioether (sulfide) groups is 1. The summed E-state index contributed by atoms with van der Waals surface area (Å²) < 4.78 is 5.37. The maximum Gasteiger partial charge on any atom is 0.116 e. The summed E-state index contributed by atoms with van der Waals surface area (Å²) in [6.07, 6.45) is 2.85. The molecule has 3 heteroatoms. The molecule has 1 atom stereocenters. The molecule has 2 N–H and O–H groups in total. The van der Waals surface area contributed by atoms with E-state index < -0.39 is 0 Å². The zero-order chi connectivity index (χ0) is 11.3. The topological polar surface area (TPSA) is 39.2 Å². The van der Waals surface area contributed by atoms with E-state index in [1.165, 1.54) is 5.56 Å². The Balaban J connectivity index is 2.19. The summed E-state index contributed by atoms with van der Waals surface area (Å²) in [6.45, 7) is 6.50. The van der Waals surface area contributed by atoms with Crippen molar-refractivity contribution in [2.24, 2.45) is 11.7 Å². The van der Waals surface area contributed by atoms with E-state index in [9.17, 15) is 0 Å². The Morgan fingerprint density at radius 3 is 2.73 bits per heavy atom. The van der Waals surface area contributed by atoms with Gasteiger partial charge in [-0.05, 0) is 30.9 Å². The van der Waals surface area contributed by atoms with Crippen LogP contribution >= 0.6 is 11.8 Å². The number of hydrogen-bond donors (Lipinski definition) is 1. The molecule has 0 aromatic carbocycles. The molecule has 1 unspecified atom stereocenters. The van der Waals surface area contributed by atoms with Gasteiger partial charge in [-0.25, -0.2) is 0 Å². The first-order valence-corrected chi connectivity index (χ1v) is 6.61. The zero-order valence-electron chi connectivity index (χ0n) is 9.82. The number of nitrogens with two attached hydrogens (primary N) is 1. The fourth-order valence-electron chi connectivity index (χ4n) is 1.53. The maximum absolute atomic E-state index is 6.00. The lowest BCUT2D eigenvalue weighted by Gasteiger charge is -2.12. The summed E-state index contributed by atoms with van der Waals surface area (Å²) in [5.74, 6) is 3.71. The van der Waals surface area contributed by atoms with Crippen LogP contribution < -0.4 is 5.73 Å². The minimum absolute atomic E-state index is 0.310. The van der Waals surface area contributed by atoms with Crippen molar-refractivity contribution >= 4 is 11.8 Å². The van der Waals surface area contributed by atoms with Crippen molar-refractivity contribution in [3.05, 3.63) is 23.7 Å². The van der Waals surface area contributed by atoms with Crippen molar-refractivity contribution in [3.63, 3.8) is 0 Å². The molecule has 0 spiro atoms. The van der Waals surface area contributed by atoms with Crippen molar-refractivity contribution in [3.8, 4) is 0 Å². The molecule has 15 heavy (non-hydrogen) atoms. The van der Waals surface area contributed by atoms with Crippen molar-refractivity contribution in [2.75, 3.05) is 5.75 Å². The summed E-state index contributed by atoms with van der Waals surface area (Å²) in [5.41, 5.74) is 7.24. The molecule has 0 aliphatic heterocycles. The Kier molecular flexibility index (Phi) is 5.26. The average molecular weight is 227 g/mol. The number of furan rings is 1. The molecule has 0 bridgehead atoms. The molecule has 1 rings (SSSR count). The van der Waals surface area contributed by atoms with Crippen LogP contribution in [0.4, 0.5) is 0 Å². The van der Waals surface area contributed by atoms with Gasteiger partial charge in [0.05, 0.1) is 12.0 Å². The maximum atomic E-state index is 6.00. The molecule has 0 saturated carbocycles. The lowest BCUT2D eigenvalue weighted by atomic mass is 10.1. The minimum Gasteiger partial charge on any atom is -0.468 e. The summed E-state index contributed by atoms with van der Waals surface area (Å²) in [7, 11) is 0. The molecule has 0 radical (unpaired) electrons. The monoisotopic (exact) mass is 227 g/mol. The lowest BCUT2D eigenvalue weighted by molar-refractivity contribution is 0.521. The molecule has 1 heterocycles. The van der Waals surface area contributed by atoms with Crippen molar-refractivity contribution in [2.45, 2.75) is 39.0 Å². The molecule has 1 aromatic rings. The van der Waals surface area contributed by atoms with Gasteiger partial charge in [0, 0.05) is 11.8 Å². The van der Waals surface area contributed by atoms with Crippen molar-refractivity contribution < 1.29 is 4.42 Å². The van der Waals surface area contributed by atoms with Crippen LogP contribution in [0.1, 0.15) is 31.6 Å². The Morgan fingerprint density at radius 1 is 1.47 bits per heavy atom. The molecule has 2 nitrogen and oxygen atoms in total. The van der Waals surface area contributed by atoms with E-state index in [1.54, 1.807) is 6.26 Å². The van der Waals surface area contributed by atoms with Gasteiger partial charge in [0.25, 0.3) is 0 Å². The van der Waals surface area contributed by atoms with Gasteiger partial charge in [-0.1, -0.05) is 13.8 Å². The van der Waals surface area contributed by atoms with Crippen LogP contribution in [-0.2, 0) is 5.75 Å². The van der Waals surface area contributed by atoms with Gasteiger partial charge >= 0.3 is 0 Å². The lowest BCUT2D eigenvalue weighted by Crippen LogP contribution is -2.24. The summed E-state index contributed by atoms with van der Waals surface area (Å²) >= 11 is 1.86. The van der Waals surface area contributed by atoms with E-state index in [4.69, 9.17) is 10.2 Å². The van der Waals surface area contributed by atoms with Crippen LogP contribution in [0.5, 0.6) is 0 Å². The molecule has 1 aromatic heterocycles. The number of hydrogen-bond acceptors (Lipinski definition) is 3. The van der Waals surface area contributed by atoms with Crippen LogP contribution in [0.25, 0.3) is 0 Å². The Bertz CT molecular complexity index is 283. The van der Waals surface area contributed by atoms with Gasteiger partial charge in [0.15, 0.2) is 0 Å². The highest BCUT2D eigenvalue weighted by Crippen LogP contribution is 2.18. The van der Waals surface area contributed by atoms with Crippen LogP contribution in [0.3, 0.4) is 0 Å². The molecule has 86 valence electrons. The summed E-state index contributed by atoms with van der Waals surface area (Å²) in [6, 6.07) is 2.31. The second-order valence-electron chi connectivity index (χ2n) is 4.43. The third-order valence-electron chi connectivity index (χ3n) is 2.31. The number of aryl methyl sites for hydroxylation is 1. The molecular weight excluding hydrogens is 206 g/mol. The molecular formula is C12H21NOS. The zero-order valence-corrected chi connectivity index (χ0v) is 10.6. The SMILES string of the molecule is Cc1ccoc1CSCC(N)CC(C)C. The van der Waals surface area contributed by atoms with Gasteiger partial charge in [0.1, 0.15) is 5.76 Å². The van der Waals surface area contributed by atoms with Crippen molar-refractivity contribution in [1.29, 1.82) is 0 Å². The van der Waals surface area contributed by atoms with Gasteiger partial charge in [-0.15, -0.1) is 0 Å². The molecule has 0 aliphatic rings. The van der Waals surface area contributed by atoms with E-state index in [0.29, 0.717) is 12.0 Å². The molecule has 0 fully saturated rings. The molecule has 0 amide bonds.